The molecule has 27 heavy (non-hydrogen) atoms. The van der Waals surface area contributed by atoms with Crippen LogP contribution in [0.3, 0.4) is 0 Å². The number of amides is 1. The van der Waals surface area contributed by atoms with E-state index in [0.717, 1.165) is 36.3 Å². The first-order chi connectivity index (χ1) is 13.0. The summed E-state index contributed by atoms with van der Waals surface area (Å²) in [5, 5.41) is 4.61. The molecule has 7 heteroatoms. The lowest BCUT2D eigenvalue weighted by Crippen LogP contribution is -2.13. The van der Waals surface area contributed by atoms with Gasteiger partial charge in [0.05, 0.1) is 0 Å². The summed E-state index contributed by atoms with van der Waals surface area (Å²) in [5.74, 6) is -0.222. The fraction of sp³-hybridized carbons (Fsp3) is 0.150. The minimum atomic E-state index is -3.59. The lowest BCUT2D eigenvalue weighted by atomic mass is 10.1. The lowest BCUT2D eigenvalue weighted by Gasteiger charge is -2.09. The third kappa shape index (κ3) is 3.89. The molecule has 0 unspecified atom stereocenters. The molecule has 0 saturated carbocycles. The number of hydrogen-bond acceptors (Lipinski definition) is 4. The van der Waals surface area contributed by atoms with Crippen LogP contribution in [0.4, 0.5) is 11.4 Å². The highest BCUT2D eigenvalue weighted by atomic mass is 32.2. The van der Waals surface area contributed by atoms with E-state index in [1.54, 1.807) is 41.8 Å². The van der Waals surface area contributed by atoms with Crippen LogP contribution >= 0.6 is 11.3 Å². The van der Waals surface area contributed by atoms with E-state index < -0.39 is 10.0 Å². The van der Waals surface area contributed by atoms with Crippen LogP contribution in [0.2, 0.25) is 0 Å². The van der Waals surface area contributed by atoms with Gasteiger partial charge in [-0.1, -0.05) is 12.1 Å². The summed E-state index contributed by atoms with van der Waals surface area (Å²) < 4.78 is 27.2. The Morgan fingerprint density at radius 3 is 2.41 bits per heavy atom. The second kappa shape index (κ2) is 7.17. The van der Waals surface area contributed by atoms with Gasteiger partial charge in [0.25, 0.3) is 15.9 Å². The van der Waals surface area contributed by atoms with Gasteiger partial charge in [0.2, 0.25) is 0 Å². The molecule has 0 spiro atoms. The molecule has 1 aliphatic carbocycles. The summed E-state index contributed by atoms with van der Waals surface area (Å²) in [6, 6.07) is 15.6. The SMILES string of the molecule is O=C(Nc1ccc2c(c1)CCC2)c1ccc(NS(=O)(=O)c2cccs2)cc1. The van der Waals surface area contributed by atoms with Gasteiger partial charge in [0.15, 0.2) is 0 Å². The van der Waals surface area contributed by atoms with Crippen molar-refractivity contribution in [2.75, 3.05) is 10.0 Å². The Hall–Kier alpha value is -2.64. The third-order valence-electron chi connectivity index (χ3n) is 4.52. The second-order valence-corrected chi connectivity index (χ2v) is 9.26. The van der Waals surface area contributed by atoms with Gasteiger partial charge in [-0.25, -0.2) is 8.42 Å². The number of thiophene rings is 1. The Morgan fingerprint density at radius 1 is 0.926 bits per heavy atom. The van der Waals surface area contributed by atoms with Crippen molar-refractivity contribution in [2.24, 2.45) is 0 Å². The topological polar surface area (TPSA) is 75.3 Å². The van der Waals surface area contributed by atoms with Gasteiger partial charge in [0.1, 0.15) is 4.21 Å². The average molecular weight is 399 g/mol. The molecule has 1 aromatic heterocycles. The summed E-state index contributed by atoms with van der Waals surface area (Å²) in [6.07, 6.45) is 3.32. The molecule has 138 valence electrons. The predicted octanol–water partition coefficient (Wildman–Crippen LogP) is 4.29. The summed E-state index contributed by atoms with van der Waals surface area (Å²) in [7, 11) is -3.59. The van der Waals surface area contributed by atoms with Crippen LogP contribution in [0.1, 0.15) is 27.9 Å². The highest BCUT2D eigenvalue weighted by Gasteiger charge is 2.16. The number of anilines is 2. The van der Waals surface area contributed by atoms with E-state index in [1.165, 1.54) is 11.1 Å². The highest BCUT2D eigenvalue weighted by Crippen LogP contribution is 2.25. The van der Waals surface area contributed by atoms with Crippen molar-refractivity contribution < 1.29 is 13.2 Å². The van der Waals surface area contributed by atoms with Gasteiger partial charge in [-0.2, -0.15) is 0 Å². The Bertz CT molecular complexity index is 1070. The van der Waals surface area contributed by atoms with E-state index in [2.05, 4.69) is 16.1 Å². The molecule has 0 radical (unpaired) electrons. The number of hydrogen-bond donors (Lipinski definition) is 2. The van der Waals surface area contributed by atoms with Crippen molar-refractivity contribution in [1.82, 2.24) is 0 Å². The molecule has 4 rings (SSSR count). The van der Waals surface area contributed by atoms with Gasteiger partial charge in [-0.05, 0) is 78.2 Å². The zero-order chi connectivity index (χ0) is 18.9. The molecule has 3 aromatic rings. The fourth-order valence-corrected chi connectivity index (χ4v) is 5.22. The highest BCUT2D eigenvalue weighted by molar-refractivity contribution is 7.94. The van der Waals surface area contributed by atoms with Crippen molar-refractivity contribution in [3.8, 4) is 0 Å². The van der Waals surface area contributed by atoms with E-state index in [9.17, 15) is 13.2 Å². The zero-order valence-electron chi connectivity index (χ0n) is 14.4. The Kier molecular flexibility index (Phi) is 4.72. The molecular weight excluding hydrogens is 380 g/mol. The molecule has 0 aliphatic heterocycles. The van der Waals surface area contributed by atoms with E-state index in [4.69, 9.17) is 0 Å². The zero-order valence-corrected chi connectivity index (χ0v) is 16.1. The smallest absolute Gasteiger partial charge is 0.271 e. The van der Waals surface area contributed by atoms with Crippen LogP contribution in [0.5, 0.6) is 0 Å². The van der Waals surface area contributed by atoms with E-state index in [-0.39, 0.29) is 10.1 Å². The maximum atomic E-state index is 12.4. The molecule has 0 bridgehead atoms. The van der Waals surface area contributed by atoms with Crippen molar-refractivity contribution in [1.29, 1.82) is 0 Å². The number of carbonyl (C=O) groups is 1. The lowest BCUT2D eigenvalue weighted by molar-refractivity contribution is 0.102. The van der Waals surface area contributed by atoms with Gasteiger partial charge in [0, 0.05) is 16.9 Å². The normalized spacial score (nSPS) is 13.2. The molecule has 0 fully saturated rings. The van der Waals surface area contributed by atoms with Crippen LogP contribution in [-0.4, -0.2) is 14.3 Å². The van der Waals surface area contributed by atoms with Crippen molar-refractivity contribution in [3.63, 3.8) is 0 Å². The van der Waals surface area contributed by atoms with E-state index in [0.29, 0.717) is 11.3 Å². The van der Waals surface area contributed by atoms with Gasteiger partial charge < -0.3 is 5.32 Å². The maximum absolute atomic E-state index is 12.4. The predicted molar refractivity (Wildman–Crippen MR) is 108 cm³/mol. The number of aryl methyl sites for hydroxylation is 2. The standard InChI is InChI=1S/C20H18N2O3S2/c23-20(21-18-11-6-14-3-1-4-16(14)13-18)15-7-9-17(10-8-15)22-27(24,25)19-5-2-12-26-19/h2,5-13,22H,1,3-4H2,(H,21,23). The van der Waals surface area contributed by atoms with Crippen LogP contribution in [-0.2, 0) is 22.9 Å². The number of sulfonamides is 1. The molecule has 1 heterocycles. The molecular formula is C20H18N2O3S2. The van der Waals surface area contributed by atoms with Gasteiger partial charge in [-0.15, -0.1) is 11.3 Å². The Labute approximate surface area is 162 Å². The second-order valence-electron chi connectivity index (χ2n) is 6.41. The van der Waals surface area contributed by atoms with Crippen LogP contribution in [0.25, 0.3) is 0 Å². The number of rotatable bonds is 5. The first kappa shape index (κ1) is 17.8. The fourth-order valence-electron chi connectivity index (χ4n) is 3.16. The molecule has 1 amide bonds. The summed E-state index contributed by atoms with van der Waals surface area (Å²) >= 11 is 1.15. The van der Waals surface area contributed by atoms with E-state index >= 15 is 0 Å². The summed E-state index contributed by atoms with van der Waals surface area (Å²) in [5.41, 5.74) is 4.32. The average Bonchev–Trinajstić information content (AvgIpc) is 3.34. The summed E-state index contributed by atoms with van der Waals surface area (Å²) in [6.45, 7) is 0. The van der Waals surface area contributed by atoms with Crippen LogP contribution in [0, 0.1) is 0 Å². The maximum Gasteiger partial charge on any atom is 0.271 e. The number of benzene rings is 2. The Morgan fingerprint density at radius 2 is 1.67 bits per heavy atom. The third-order valence-corrected chi connectivity index (χ3v) is 7.29. The molecule has 2 N–H and O–H groups in total. The molecule has 1 aliphatic rings. The number of fused-ring (bicyclic) bond motifs is 1. The Balaban J connectivity index is 1.45. The molecule has 2 aromatic carbocycles. The number of nitrogens with one attached hydrogen (secondary N) is 2. The van der Waals surface area contributed by atoms with Gasteiger partial charge in [-0.3, -0.25) is 9.52 Å². The first-order valence-corrected chi connectivity index (χ1v) is 11.0. The van der Waals surface area contributed by atoms with E-state index in [1.807, 2.05) is 12.1 Å². The van der Waals surface area contributed by atoms with Crippen molar-refractivity contribution in [3.05, 3.63) is 76.7 Å². The minimum absolute atomic E-state index is 0.222. The molecule has 5 nitrogen and oxygen atoms in total. The van der Waals surface area contributed by atoms with Crippen molar-refractivity contribution in [2.45, 2.75) is 23.5 Å². The monoisotopic (exact) mass is 398 g/mol. The van der Waals surface area contributed by atoms with Crippen LogP contribution < -0.4 is 10.0 Å². The van der Waals surface area contributed by atoms with Gasteiger partial charge >= 0.3 is 0 Å². The quantitative estimate of drug-likeness (QED) is 0.673. The molecule has 0 saturated heterocycles. The van der Waals surface area contributed by atoms with Crippen LogP contribution in [0.15, 0.2) is 64.2 Å². The largest absolute Gasteiger partial charge is 0.322 e. The number of carbonyl (C=O) groups excluding carboxylic acids is 1. The first-order valence-electron chi connectivity index (χ1n) is 8.61. The minimum Gasteiger partial charge on any atom is -0.322 e. The molecule has 0 atom stereocenters. The summed E-state index contributed by atoms with van der Waals surface area (Å²) in [4.78, 5) is 12.4. The van der Waals surface area contributed by atoms with Crippen molar-refractivity contribution >= 4 is 38.6 Å².